The number of hydrogen-bond acceptors (Lipinski definition) is 4. The molecule has 0 atom stereocenters. The van der Waals surface area contributed by atoms with E-state index >= 15 is 0 Å². The Morgan fingerprint density at radius 3 is 2.78 bits per heavy atom. The number of imidazole rings is 1. The molecule has 3 aromatic heterocycles. The fraction of sp³-hybridized carbons (Fsp3) is 0.294. The third kappa shape index (κ3) is 3.64. The zero-order valence-electron chi connectivity index (χ0n) is 14.1. The Bertz CT molecular complexity index is 1010. The van der Waals surface area contributed by atoms with E-state index in [9.17, 15) is 18.4 Å². The Kier molecular flexibility index (Phi) is 4.30. The maximum absolute atomic E-state index is 12.3. The lowest BCUT2D eigenvalue weighted by atomic mass is 10.2. The number of nitrogens with one attached hydrogen (secondary N) is 2. The lowest BCUT2D eigenvalue weighted by Gasteiger charge is -2.08. The third-order valence-electron chi connectivity index (χ3n) is 4.19. The summed E-state index contributed by atoms with van der Waals surface area (Å²) < 4.78 is 27.3. The van der Waals surface area contributed by atoms with Gasteiger partial charge in [-0.15, -0.1) is 0 Å². The van der Waals surface area contributed by atoms with Crippen LogP contribution < -0.4 is 10.6 Å². The second-order valence-electron chi connectivity index (χ2n) is 6.28. The number of anilines is 1. The van der Waals surface area contributed by atoms with Crippen molar-refractivity contribution in [3.63, 3.8) is 0 Å². The first kappa shape index (κ1) is 17.1. The van der Waals surface area contributed by atoms with Crippen LogP contribution in [0.15, 0.2) is 36.8 Å². The molecule has 2 N–H and O–H groups in total. The van der Waals surface area contributed by atoms with Crippen molar-refractivity contribution in [3.05, 3.63) is 36.8 Å². The van der Waals surface area contributed by atoms with E-state index < -0.39 is 19.0 Å². The van der Waals surface area contributed by atoms with Gasteiger partial charge in [0.2, 0.25) is 5.91 Å². The minimum Gasteiger partial charge on any atom is -0.330 e. The highest BCUT2D eigenvalue weighted by Crippen LogP contribution is 2.30. The Labute approximate surface area is 152 Å². The Morgan fingerprint density at radius 1 is 1.22 bits per heavy atom. The second-order valence-corrected chi connectivity index (χ2v) is 6.28. The Morgan fingerprint density at radius 2 is 2.04 bits per heavy atom. The van der Waals surface area contributed by atoms with Crippen LogP contribution in [0, 0.1) is 5.92 Å². The molecule has 0 bridgehead atoms. The average molecular weight is 374 g/mol. The van der Waals surface area contributed by atoms with Gasteiger partial charge in [-0.05, 0) is 31.0 Å². The first-order valence-corrected chi connectivity index (χ1v) is 8.41. The predicted octanol–water partition coefficient (Wildman–Crippen LogP) is 2.37. The van der Waals surface area contributed by atoms with Crippen LogP contribution in [0.5, 0.6) is 0 Å². The van der Waals surface area contributed by atoms with Crippen LogP contribution in [0.25, 0.3) is 16.9 Å². The van der Waals surface area contributed by atoms with E-state index in [1.807, 2.05) is 0 Å². The third-order valence-corrected chi connectivity index (χ3v) is 4.19. The van der Waals surface area contributed by atoms with Crippen LogP contribution in [0.3, 0.4) is 0 Å². The van der Waals surface area contributed by atoms with Crippen LogP contribution in [-0.4, -0.2) is 44.1 Å². The molecule has 3 heterocycles. The number of fused-ring (bicyclic) bond motifs is 1. The molecule has 27 heavy (non-hydrogen) atoms. The maximum atomic E-state index is 12.3. The molecule has 0 aliphatic heterocycles. The highest BCUT2D eigenvalue weighted by atomic mass is 19.3. The topological polar surface area (TPSA) is 93.3 Å². The van der Waals surface area contributed by atoms with Gasteiger partial charge in [-0.25, -0.2) is 18.6 Å². The molecule has 1 fully saturated rings. The van der Waals surface area contributed by atoms with Crippen LogP contribution in [0.1, 0.15) is 12.8 Å². The molecule has 8 nitrogen and oxygen atoms in total. The molecule has 1 saturated carbocycles. The highest BCUT2D eigenvalue weighted by Gasteiger charge is 2.30. The largest absolute Gasteiger partial charge is 0.342 e. The van der Waals surface area contributed by atoms with Crippen molar-refractivity contribution < 1.29 is 18.4 Å². The smallest absolute Gasteiger partial charge is 0.330 e. The van der Waals surface area contributed by atoms with Crippen molar-refractivity contribution in [2.24, 2.45) is 5.92 Å². The number of hydrogen-bond donors (Lipinski definition) is 2. The molecule has 2 amide bonds. The van der Waals surface area contributed by atoms with Gasteiger partial charge >= 0.3 is 6.03 Å². The van der Waals surface area contributed by atoms with Gasteiger partial charge in [0.25, 0.3) is 6.43 Å². The number of carbonyl (C=O) groups excluding carboxylic acids is 2. The van der Waals surface area contributed by atoms with Gasteiger partial charge in [-0.1, -0.05) is 0 Å². The summed E-state index contributed by atoms with van der Waals surface area (Å²) >= 11 is 0. The number of halogens is 2. The van der Waals surface area contributed by atoms with E-state index in [1.165, 1.54) is 6.20 Å². The highest BCUT2D eigenvalue weighted by molar-refractivity contribution is 5.93. The Balaban J connectivity index is 1.58. The van der Waals surface area contributed by atoms with Crippen LogP contribution in [0.4, 0.5) is 19.4 Å². The second kappa shape index (κ2) is 6.78. The minimum atomic E-state index is -2.64. The number of nitrogens with zero attached hydrogens (tertiary/aromatic N) is 4. The van der Waals surface area contributed by atoms with E-state index in [-0.39, 0.29) is 11.8 Å². The molecule has 140 valence electrons. The first-order chi connectivity index (χ1) is 13.0. The Hall–Kier alpha value is -3.30. The SMILES string of the molecule is O=C(Nc1cn2cc(-c3ccnn3C(=O)NCC(F)F)ccc2n1)C1CC1. The molecule has 0 radical (unpaired) electrons. The number of carbonyl (C=O) groups is 2. The van der Waals surface area contributed by atoms with Crippen molar-refractivity contribution >= 4 is 23.4 Å². The summed E-state index contributed by atoms with van der Waals surface area (Å²) in [5.41, 5.74) is 1.71. The molecular weight excluding hydrogens is 358 g/mol. The monoisotopic (exact) mass is 374 g/mol. The lowest BCUT2D eigenvalue weighted by Crippen LogP contribution is -2.33. The van der Waals surface area contributed by atoms with E-state index in [2.05, 4.69) is 20.7 Å². The zero-order valence-corrected chi connectivity index (χ0v) is 14.1. The van der Waals surface area contributed by atoms with Crippen molar-refractivity contribution in [2.75, 3.05) is 11.9 Å². The summed E-state index contributed by atoms with van der Waals surface area (Å²) in [6, 6.07) is 4.34. The average Bonchev–Trinajstić information content (AvgIpc) is 3.24. The zero-order chi connectivity index (χ0) is 19.0. The number of aromatic nitrogens is 4. The van der Waals surface area contributed by atoms with Crippen molar-refractivity contribution in [1.82, 2.24) is 24.5 Å². The summed E-state index contributed by atoms with van der Waals surface area (Å²) in [6.45, 7) is -0.747. The van der Waals surface area contributed by atoms with E-state index in [0.29, 0.717) is 22.7 Å². The molecule has 10 heteroatoms. The van der Waals surface area contributed by atoms with Crippen molar-refractivity contribution in [2.45, 2.75) is 19.3 Å². The van der Waals surface area contributed by atoms with E-state index in [1.54, 1.807) is 35.0 Å². The molecule has 1 aliphatic rings. The fourth-order valence-corrected chi connectivity index (χ4v) is 2.70. The minimum absolute atomic E-state index is 0.0348. The molecule has 3 aromatic rings. The lowest BCUT2D eigenvalue weighted by molar-refractivity contribution is -0.117. The number of alkyl halides is 2. The molecular formula is C17H16F2N6O2. The van der Waals surface area contributed by atoms with Crippen LogP contribution in [0.2, 0.25) is 0 Å². The van der Waals surface area contributed by atoms with Crippen LogP contribution in [-0.2, 0) is 4.79 Å². The molecule has 0 spiro atoms. The fourth-order valence-electron chi connectivity index (χ4n) is 2.70. The standard InChI is InChI=1S/C17H16F2N6O2/c18-13(19)7-20-17(27)25-12(5-6-21-25)11-3-4-15-22-14(9-24(15)8-11)23-16(26)10-1-2-10/h3-6,8-10,13H,1-2,7H2,(H,20,27)(H,23,26). The van der Waals surface area contributed by atoms with Gasteiger partial charge in [-0.3, -0.25) is 4.79 Å². The van der Waals surface area contributed by atoms with Gasteiger partial charge in [0.1, 0.15) is 5.65 Å². The summed E-state index contributed by atoms with van der Waals surface area (Å²) in [4.78, 5) is 28.3. The van der Waals surface area contributed by atoms with Crippen LogP contribution >= 0.6 is 0 Å². The normalized spacial score (nSPS) is 13.9. The van der Waals surface area contributed by atoms with Gasteiger partial charge in [0.15, 0.2) is 5.82 Å². The van der Waals surface area contributed by atoms with E-state index in [0.717, 1.165) is 17.5 Å². The quantitative estimate of drug-likeness (QED) is 0.717. The van der Waals surface area contributed by atoms with E-state index in [4.69, 9.17) is 0 Å². The van der Waals surface area contributed by atoms with Gasteiger partial charge in [0.05, 0.1) is 24.6 Å². The van der Waals surface area contributed by atoms with Gasteiger partial charge < -0.3 is 15.0 Å². The maximum Gasteiger partial charge on any atom is 0.342 e. The molecule has 4 rings (SSSR count). The predicted molar refractivity (Wildman–Crippen MR) is 92.6 cm³/mol. The molecule has 0 unspecified atom stereocenters. The molecule has 0 saturated heterocycles. The number of rotatable bonds is 5. The molecule has 1 aliphatic carbocycles. The summed E-state index contributed by atoms with van der Waals surface area (Å²) in [5.74, 6) is 0.492. The molecule has 0 aromatic carbocycles. The summed E-state index contributed by atoms with van der Waals surface area (Å²) in [7, 11) is 0. The first-order valence-electron chi connectivity index (χ1n) is 8.41. The van der Waals surface area contributed by atoms with Gasteiger partial charge in [0, 0.05) is 17.7 Å². The summed E-state index contributed by atoms with van der Waals surface area (Å²) in [5, 5.41) is 8.80. The van der Waals surface area contributed by atoms with Crippen molar-refractivity contribution in [3.8, 4) is 11.3 Å². The number of pyridine rings is 1. The van der Waals surface area contributed by atoms with Gasteiger partial charge in [-0.2, -0.15) is 9.78 Å². The summed E-state index contributed by atoms with van der Waals surface area (Å²) in [6.07, 6.45) is 3.98. The van der Waals surface area contributed by atoms with Crippen molar-refractivity contribution in [1.29, 1.82) is 0 Å². The number of amides is 2.